The summed E-state index contributed by atoms with van der Waals surface area (Å²) in [5, 5.41) is 3.15. The van der Waals surface area contributed by atoms with E-state index in [0.29, 0.717) is 11.0 Å². The molecule has 0 spiro atoms. The Morgan fingerprint density at radius 2 is 2.13 bits per heavy atom. The molecule has 0 aliphatic carbocycles. The van der Waals surface area contributed by atoms with Crippen LogP contribution in [0.5, 0.6) is 0 Å². The average Bonchev–Trinajstić information content (AvgIpc) is 2.48. The summed E-state index contributed by atoms with van der Waals surface area (Å²) in [6, 6.07) is -0.554. The molecule has 0 aromatic carbocycles. The van der Waals surface area contributed by atoms with Gasteiger partial charge in [0.1, 0.15) is 5.82 Å². The van der Waals surface area contributed by atoms with Crippen molar-refractivity contribution in [3.05, 3.63) is 5.82 Å². The van der Waals surface area contributed by atoms with Crippen LogP contribution in [-0.2, 0) is 4.79 Å². The molecule has 1 amide bonds. The molecule has 0 aliphatic rings. The van der Waals surface area contributed by atoms with Gasteiger partial charge in [-0.15, -0.1) is 0 Å². The molecular weight excluding hydrogens is 212 g/mol. The number of anilines is 1. The quantitative estimate of drug-likeness (QED) is 0.796. The molecule has 5 nitrogen and oxygen atoms in total. The van der Waals surface area contributed by atoms with E-state index in [9.17, 15) is 4.79 Å². The summed E-state index contributed by atoms with van der Waals surface area (Å²) in [4.78, 5) is 15.7. The van der Waals surface area contributed by atoms with Gasteiger partial charge < -0.3 is 5.73 Å². The van der Waals surface area contributed by atoms with Gasteiger partial charge in [0.15, 0.2) is 0 Å². The summed E-state index contributed by atoms with van der Waals surface area (Å²) < 4.78 is 3.97. The largest absolute Gasteiger partial charge is 0.319 e. The van der Waals surface area contributed by atoms with E-state index >= 15 is 0 Å². The molecule has 1 rings (SSSR count). The Labute approximate surface area is 93.3 Å². The zero-order chi connectivity index (χ0) is 11.6. The summed E-state index contributed by atoms with van der Waals surface area (Å²) in [5.41, 5.74) is 5.53. The zero-order valence-electron chi connectivity index (χ0n) is 9.37. The van der Waals surface area contributed by atoms with Gasteiger partial charge in [-0.25, -0.2) is 4.98 Å². The number of hydrogen-bond acceptors (Lipinski definition) is 5. The van der Waals surface area contributed by atoms with Crippen molar-refractivity contribution >= 4 is 22.6 Å². The first kappa shape index (κ1) is 12.1. The molecule has 84 valence electrons. The highest BCUT2D eigenvalue weighted by molar-refractivity contribution is 7.09. The molecule has 1 atom stereocenters. The molecular formula is C9H16N4OS. The number of carbonyl (C=O) groups is 1. The smallest absolute Gasteiger partial charge is 0.243 e. The van der Waals surface area contributed by atoms with Crippen LogP contribution >= 0.6 is 11.5 Å². The second-order valence-corrected chi connectivity index (χ2v) is 5.23. The lowest BCUT2D eigenvalue weighted by Crippen LogP contribution is -2.45. The molecule has 1 aromatic rings. The minimum atomic E-state index is -0.554. The van der Waals surface area contributed by atoms with Crippen molar-refractivity contribution in [3.63, 3.8) is 0 Å². The summed E-state index contributed by atoms with van der Waals surface area (Å²) in [6.45, 7) is 7.53. The third-order valence-corrected chi connectivity index (χ3v) is 2.69. The topological polar surface area (TPSA) is 80.9 Å². The average molecular weight is 228 g/mol. The highest BCUT2D eigenvalue weighted by Crippen LogP contribution is 2.19. The number of carbonyl (C=O) groups excluding carboxylic acids is 1. The van der Waals surface area contributed by atoms with Crippen LogP contribution in [0.25, 0.3) is 0 Å². The number of nitrogens with one attached hydrogen (secondary N) is 1. The van der Waals surface area contributed by atoms with Crippen LogP contribution in [0.1, 0.15) is 26.6 Å². The minimum Gasteiger partial charge on any atom is -0.319 e. The third-order valence-electron chi connectivity index (χ3n) is 1.97. The minimum absolute atomic E-state index is 0.223. The van der Waals surface area contributed by atoms with Gasteiger partial charge in [0.2, 0.25) is 11.0 Å². The molecule has 15 heavy (non-hydrogen) atoms. The molecule has 0 saturated carbocycles. The number of nitrogens with zero attached hydrogens (tertiary/aromatic N) is 2. The van der Waals surface area contributed by atoms with E-state index in [-0.39, 0.29) is 11.3 Å². The second kappa shape index (κ2) is 4.24. The molecule has 3 N–H and O–H groups in total. The first-order valence-electron chi connectivity index (χ1n) is 4.67. The number of hydrogen-bond donors (Lipinski definition) is 2. The number of amides is 1. The third kappa shape index (κ3) is 3.24. The lowest BCUT2D eigenvalue weighted by atomic mass is 9.87. The van der Waals surface area contributed by atoms with E-state index in [1.165, 1.54) is 0 Å². The monoisotopic (exact) mass is 228 g/mol. The van der Waals surface area contributed by atoms with Gasteiger partial charge in [-0.1, -0.05) is 20.8 Å². The van der Waals surface area contributed by atoms with Crippen molar-refractivity contribution < 1.29 is 4.79 Å². The van der Waals surface area contributed by atoms with Crippen LogP contribution < -0.4 is 11.1 Å². The lowest BCUT2D eigenvalue weighted by Gasteiger charge is -2.25. The summed E-state index contributed by atoms with van der Waals surface area (Å²) in [6.07, 6.45) is 0. The number of aryl methyl sites for hydroxylation is 1. The Kier molecular flexibility index (Phi) is 3.41. The maximum atomic E-state index is 11.7. The molecule has 1 aromatic heterocycles. The van der Waals surface area contributed by atoms with Gasteiger partial charge in [-0.2, -0.15) is 4.37 Å². The molecule has 0 bridgehead atoms. The van der Waals surface area contributed by atoms with Crippen LogP contribution in [0.3, 0.4) is 0 Å². The fourth-order valence-electron chi connectivity index (χ4n) is 0.924. The van der Waals surface area contributed by atoms with E-state index < -0.39 is 6.04 Å². The lowest BCUT2D eigenvalue weighted by molar-refractivity contribution is -0.119. The molecule has 0 radical (unpaired) electrons. The number of rotatable bonds is 2. The van der Waals surface area contributed by atoms with Crippen LogP contribution in [0.2, 0.25) is 0 Å². The van der Waals surface area contributed by atoms with Crippen molar-refractivity contribution in [1.82, 2.24) is 9.36 Å². The van der Waals surface area contributed by atoms with E-state index in [4.69, 9.17) is 5.73 Å². The zero-order valence-corrected chi connectivity index (χ0v) is 10.2. The van der Waals surface area contributed by atoms with E-state index in [0.717, 1.165) is 11.5 Å². The first-order valence-corrected chi connectivity index (χ1v) is 5.45. The Bertz CT molecular complexity index is 355. The van der Waals surface area contributed by atoms with Crippen molar-refractivity contribution in [1.29, 1.82) is 0 Å². The van der Waals surface area contributed by atoms with Gasteiger partial charge in [0, 0.05) is 11.5 Å². The fraction of sp³-hybridized carbons (Fsp3) is 0.667. The second-order valence-electron chi connectivity index (χ2n) is 4.48. The van der Waals surface area contributed by atoms with E-state index in [2.05, 4.69) is 14.7 Å². The van der Waals surface area contributed by atoms with Crippen LogP contribution in [0.4, 0.5) is 5.13 Å². The molecule has 0 aliphatic heterocycles. The van der Waals surface area contributed by atoms with Crippen molar-refractivity contribution in [2.75, 3.05) is 5.32 Å². The summed E-state index contributed by atoms with van der Waals surface area (Å²) in [7, 11) is 0. The Balaban J connectivity index is 2.64. The van der Waals surface area contributed by atoms with Crippen molar-refractivity contribution in [3.8, 4) is 0 Å². The van der Waals surface area contributed by atoms with Crippen molar-refractivity contribution in [2.24, 2.45) is 11.1 Å². The van der Waals surface area contributed by atoms with Crippen molar-refractivity contribution in [2.45, 2.75) is 33.7 Å². The van der Waals surface area contributed by atoms with Crippen LogP contribution in [0.15, 0.2) is 0 Å². The van der Waals surface area contributed by atoms with Gasteiger partial charge >= 0.3 is 0 Å². The van der Waals surface area contributed by atoms with Crippen LogP contribution in [0, 0.1) is 12.3 Å². The van der Waals surface area contributed by atoms with Gasteiger partial charge in [-0.05, 0) is 12.3 Å². The number of aromatic nitrogens is 2. The Morgan fingerprint density at radius 3 is 2.53 bits per heavy atom. The SMILES string of the molecule is Cc1nsc(NC(=O)[C@@H](N)C(C)(C)C)n1. The fourth-order valence-corrected chi connectivity index (χ4v) is 1.50. The molecule has 0 fully saturated rings. The predicted molar refractivity (Wildman–Crippen MR) is 60.7 cm³/mol. The predicted octanol–water partition coefficient (Wildman–Crippen LogP) is 1.16. The van der Waals surface area contributed by atoms with E-state index in [1.807, 2.05) is 20.8 Å². The highest BCUT2D eigenvalue weighted by Gasteiger charge is 2.27. The van der Waals surface area contributed by atoms with Gasteiger partial charge in [0.05, 0.1) is 6.04 Å². The Hall–Kier alpha value is -1.01. The van der Waals surface area contributed by atoms with Gasteiger partial charge in [0.25, 0.3) is 0 Å². The maximum Gasteiger partial charge on any atom is 0.243 e. The maximum absolute atomic E-state index is 11.7. The van der Waals surface area contributed by atoms with Crippen LogP contribution in [-0.4, -0.2) is 21.3 Å². The normalized spacial score (nSPS) is 13.7. The number of nitrogens with two attached hydrogens (primary N) is 1. The molecule has 0 unspecified atom stereocenters. The summed E-state index contributed by atoms with van der Waals surface area (Å²) in [5.74, 6) is 0.429. The van der Waals surface area contributed by atoms with Gasteiger partial charge in [-0.3, -0.25) is 10.1 Å². The standard InChI is InChI=1S/C9H16N4OS/c1-5-11-8(15-13-5)12-7(14)6(10)9(2,3)4/h6H,10H2,1-4H3,(H,11,12,13,14)/t6-/m1/s1. The highest BCUT2D eigenvalue weighted by atomic mass is 32.1. The Morgan fingerprint density at radius 1 is 1.53 bits per heavy atom. The van der Waals surface area contributed by atoms with E-state index in [1.54, 1.807) is 6.92 Å². The molecule has 0 saturated heterocycles. The first-order chi connectivity index (χ1) is 6.80. The molecule has 6 heteroatoms. The molecule has 1 heterocycles. The summed E-state index contributed by atoms with van der Waals surface area (Å²) >= 11 is 1.16.